The summed E-state index contributed by atoms with van der Waals surface area (Å²) in [6, 6.07) is 15.7. The zero-order valence-electron chi connectivity index (χ0n) is 18.0. The van der Waals surface area contributed by atoms with Crippen LogP contribution >= 0.6 is 0 Å². The Kier molecular flexibility index (Phi) is 6.00. The van der Waals surface area contributed by atoms with Crippen LogP contribution in [0.2, 0.25) is 0 Å². The Morgan fingerprint density at radius 1 is 1.16 bits per heavy atom. The Morgan fingerprint density at radius 2 is 2.12 bits per heavy atom. The number of benzene rings is 1. The fraction of sp³-hybridized carbons (Fsp3) is 0.280. The maximum Gasteiger partial charge on any atom is 0.130 e. The van der Waals surface area contributed by atoms with Crippen molar-refractivity contribution in [2.45, 2.75) is 6.10 Å². The van der Waals surface area contributed by atoms with Gasteiger partial charge in [0.2, 0.25) is 0 Å². The van der Waals surface area contributed by atoms with E-state index in [-0.39, 0.29) is 6.10 Å². The summed E-state index contributed by atoms with van der Waals surface area (Å²) in [4.78, 5) is 11.3. The fourth-order valence-corrected chi connectivity index (χ4v) is 3.99. The molecule has 0 amide bonds. The van der Waals surface area contributed by atoms with Crippen LogP contribution in [0.3, 0.4) is 0 Å². The van der Waals surface area contributed by atoms with Gasteiger partial charge in [-0.1, -0.05) is 6.07 Å². The quantitative estimate of drug-likeness (QED) is 0.632. The average molecular weight is 431 g/mol. The lowest BCUT2D eigenvalue weighted by Gasteiger charge is -2.33. The number of nitrogens with zero attached hydrogens (tertiary/aromatic N) is 3. The van der Waals surface area contributed by atoms with Gasteiger partial charge >= 0.3 is 0 Å². The summed E-state index contributed by atoms with van der Waals surface area (Å²) in [5.41, 5.74) is 4.14. The lowest BCUT2D eigenvalue weighted by atomic mass is 10.1. The van der Waals surface area contributed by atoms with Gasteiger partial charge in [-0.3, -0.25) is 9.88 Å². The molecule has 7 nitrogen and oxygen atoms in total. The molecule has 1 fully saturated rings. The van der Waals surface area contributed by atoms with Crippen molar-refractivity contribution in [3.05, 3.63) is 77.8 Å². The number of aromatic nitrogens is 2. The molecule has 2 aliphatic rings. The molecule has 2 aliphatic heterocycles. The zero-order valence-corrected chi connectivity index (χ0v) is 18.0. The maximum atomic E-state index is 6.02. The summed E-state index contributed by atoms with van der Waals surface area (Å²) in [5, 5.41) is 3.26. The minimum absolute atomic E-state index is 0.0508. The second kappa shape index (κ2) is 9.38. The lowest BCUT2D eigenvalue weighted by Crippen LogP contribution is -2.40. The topological polar surface area (TPSA) is 68.7 Å². The van der Waals surface area contributed by atoms with E-state index in [1.807, 2.05) is 54.7 Å². The summed E-state index contributed by atoms with van der Waals surface area (Å²) >= 11 is 0. The number of hydrogen-bond donors (Lipinski definition) is 1. The summed E-state index contributed by atoms with van der Waals surface area (Å²) in [7, 11) is 1.68. The Bertz CT molecular complexity index is 1090. The first-order valence-corrected chi connectivity index (χ1v) is 10.7. The van der Waals surface area contributed by atoms with E-state index < -0.39 is 0 Å². The highest BCUT2D eigenvalue weighted by Crippen LogP contribution is 2.31. The molecule has 0 aliphatic carbocycles. The van der Waals surface area contributed by atoms with Gasteiger partial charge in [-0.15, -0.1) is 0 Å². The van der Waals surface area contributed by atoms with Crippen LogP contribution in [0.4, 0.5) is 11.5 Å². The highest BCUT2D eigenvalue weighted by atomic mass is 16.5. The van der Waals surface area contributed by atoms with E-state index in [9.17, 15) is 0 Å². The van der Waals surface area contributed by atoms with Gasteiger partial charge < -0.3 is 19.5 Å². The van der Waals surface area contributed by atoms with Gasteiger partial charge in [0.1, 0.15) is 30.0 Å². The SMILES string of the molecule is COc1ccc2c(c1)C=C(CN1CCO[C@@H](c3ccc(Nc4ccccn4)cn3)C1)CO2. The van der Waals surface area contributed by atoms with Gasteiger partial charge in [0.05, 0.1) is 31.3 Å². The normalized spacial score (nSPS) is 18.3. The van der Waals surface area contributed by atoms with E-state index >= 15 is 0 Å². The molecule has 3 aromatic rings. The van der Waals surface area contributed by atoms with Gasteiger partial charge in [0.25, 0.3) is 0 Å². The Hall–Kier alpha value is -3.42. The van der Waals surface area contributed by atoms with Crippen molar-refractivity contribution in [3.8, 4) is 11.5 Å². The van der Waals surface area contributed by atoms with Gasteiger partial charge in [-0.25, -0.2) is 4.98 Å². The third-order valence-corrected chi connectivity index (χ3v) is 5.62. The molecule has 4 heterocycles. The first-order valence-electron chi connectivity index (χ1n) is 10.7. The van der Waals surface area contributed by atoms with Crippen LogP contribution in [0.1, 0.15) is 17.4 Å². The minimum Gasteiger partial charge on any atom is -0.497 e. The van der Waals surface area contributed by atoms with E-state index in [0.29, 0.717) is 13.2 Å². The molecule has 1 atom stereocenters. The number of anilines is 2. The van der Waals surface area contributed by atoms with Gasteiger partial charge in [0.15, 0.2) is 0 Å². The number of nitrogens with one attached hydrogen (secondary N) is 1. The van der Waals surface area contributed by atoms with E-state index in [0.717, 1.165) is 53.9 Å². The van der Waals surface area contributed by atoms with E-state index in [1.165, 1.54) is 5.57 Å². The molecule has 0 bridgehead atoms. The fourth-order valence-electron chi connectivity index (χ4n) is 3.99. The summed E-state index contributed by atoms with van der Waals surface area (Å²) in [6.07, 6.45) is 5.75. The monoisotopic (exact) mass is 430 g/mol. The number of pyridine rings is 2. The standard InChI is InChI=1S/C25H26N4O3/c1-30-21-6-8-23-19(13-21)12-18(17-32-23)15-29-10-11-31-24(16-29)22-7-5-20(14-27-22)28-25-4-2-3-9-26-25/h2-9,12-14,24H,10-11,15-17H2,1H3,(H,26,28)/t24-/m1/s1. The van der Waals surface area contributed by atoms with Gasteiger partial charge in [-0.2, -0.15) is 0 Å². The number of methoxy groups -OCH3 is 1. The molecular weight excluding hydrogens is 404 g/mol. The summed E-state index contributed by atoms with van der Waals surface area (Å²) in [6.45, 7) is 3.81. The molecular formula is C25H26N4O3. The van der Waals surface area contributed by atoms with Crippen LogP contribution in [0.15, 0.2) is 66.5 Å². The molecule has 0 unspecified atom stereocenters. The summed E-state index contributed by atoms with van der Waals surface area (Å²) in [5.74, 6) is 2.53. The molecule has 0 radical (unpaired) electrons. The first-order chi connectivity index (χ1) is 15.8. The molecule has 2 aromatic heterocycles. The third-order valence-electron chi connectivity index (χ3n) is 5.62. The first kappa shape index (κ1) is 20.5. The number of hydrogen-bond acceptors (Lipinski definition) is 7. The Morgan fingerprint density at radius 3 is 2.94 bits per heavy atom. The van der Waals surface area contributed by atoms with Crippen molar-refractivity contribution in [1.82, 2.24) is 14.9 Å². The minimum atomic E-state index is -0.0508. The smallest absolute Gasteiger partial charge is 0.130 e. The van der Waals surface area contributed by atoms with Gasteiger partial charge in [0, 0.05) is 31.4 Å². The molecule has 7 heteroatoms. The van der Waals surface area contributed by atoms with Crippen LogP contribution < -0.4 is 14.8 Å². The molecule has 1 aromatic carbocycles. The van der Waals surface area contributed by atoms with Crippen LogP contribution in [0, 0.1) is 0 Å². The van der Waals surface area contributed by atoms with Crippen molar-refractivity contribution in [1.29, 1.82) is 0 Å². The molecule has 5 rings (SSSR count). The number of rotatable bonds is 6. The van der Waals surface area contributed by atoms with Crippen LogP contribution in [0.5, 0.6) is 11.5 Å². The second-order valence-corrected chi connectivity index (χ2v) is 7.90. The van der Waals surface area contributed by atoms with E-state index in [1.54, 1.807) is 13.3 Å². The largest absolute Gasteiger partial charge is 0.497 e. The van der Waals surface area contributed by atoms with Crippen molar-refractivity contribution in [2.75, 3.05) is 45.3 Å². The van der Waals surface area contributed by atoms with Crippen molar-refractivity contribution in [2.24, 2.45) is 0 Å². The highest BCUT2D eigenvalue weighted by Gasteiger charge is 2.24. The van der Waals surface area contributed by atoms with E-state index in [4.69, 9.17) is 14.2 Å². The van der Waals surface area contributed by atoms with Crippen molar-refractivity contribution >= 4 is 17.6 Å². The summed E-state index contributed by atoms with van der Waals surface area (Å²) < 4.78 is 17.3. The molecule has 0 saturated carbocycles. The van der Waals surface area contributed by atoms with Crippen molar-refractivity contribution in [3.63, 3.8) is 0 Å². The Balaban J connectivity index is 1.22. The zero-order chi connectivity index (χ0) is 21.8. The number of ether oxygens (including phenoxy) is 3. The van der Waals surface area contributed by atoms with Crippen LogP contribution in [-0.2, 0) is 4.74 Å². The van der Waals surface area contributed by atoms with Gasteiger partial charge in [-0.05, 0) is 54.1 Å². The highest BCUT2D eigenvalue weighted by molar-refractivity contribution is 5.64. The number of fused-ring (bicyclic) bond motifs is 1. The third kappa shape index (κ3) is 4.74. The second-order valence-electron chi connectivity index (χ2n) is 7.90. The predicted octanol–water partition coefficient (Wildman–Crippen LogP) is 4.08. The van der Waals surface area contributed by atoms with Crippen molar-refractivity contribution < 1.29 is 14.2 Å². The predicted molar refractivity (Wildman–Crippen MR) is 123 cm³/mol. The van der Waals surface area contributed by atoms with E-state index in [2.05, 4.69) is 26.3 Å². The number of morpholine rings is 1. The average Bonchev–Trinajstić information content (AvgIpc) is 2.85. The molecule has 164 valence electrons. The molecule has 0 spiro atoms. The van der Waals surface area contributed by atoms with Crippen LogP contribution in [0.25, 0.3) is 6.08 Å². The molecule has 1 saturated heterocycles. The van der Waals surface area contributed by atoms with Crippen LogP contribution in [-0.4, -0.2) is 54.8 Å². The maximum absolute atomic E-state index is 6.02. The Labute approximate surface area is 187 Å². The lowest BCUT2D eigenvalue weighted by molar-refractivity contribution is -0.0294. The molecule has 1 N–H and O–H groups in total. The molecule has 32 heavy (non-hydrogen) atoms.